The van der Waals surface area contributed by atoms with Gasteiger partial charge in [0.05, 0.1) is 0 Å². The Bertz CT molecular complexity index is 367. The highest BCUT2D eigenvalue weighted by atomic mass is 32.1. The van der Waals surface area contributed by atoms with Crippen LogP contribution in [0.2, 0.25) is 0 Å². The van der Waals surface area contributed by atoms with Gasteiger partial charge in [-0.25, -0.2) is 13.2 Å². The third kappa shape index (κ3) is 1.90. The first kappa shape index (κ1) is 11.4. The van der Waals surface area contributed by atoms with Gasteiger partial charge in [0.15, 0.2) is 11.6 Å². The Morgan fingerprint density at radius 1 is 1.07 bits per heavy atom. The molecule has 0 heterocycles. The fourth-order valence-corrected chi connectivity index (χ4v) is 1.48. The van der Waals surface area contributed by atoms with Crippen LogP contribution in [0.4, 0.5) is 13.2 Å². The summed E-state index contributed by atoms with van der Waals surface area (Å²) in [5.41, 5.74) is -1.01. The van der Waals surface area contributed by atoms with Crippen LogP contribution in [0.1, 0.15) is 26.3 Å². The van der Waals surface area contributed by atoms with Crippen LogP contribution >= 0.6 is 12.6 Å². The van der Waals surface area contributed by atoms with Gasteiger partial charge in [-0.1, -0.05) is 20.8 Å². The number of halogens is 3. The van der Waals surface area contributed by atoms with Crippen molar-refractivity contribution in [3.8, 4) is 0 Å². The molecule has 0 bridgehead atoms. The zero-order valence-electron chi connectivity index (χ0n) is 8.16. The van der Waals surface area contributed by atoms with Gasteiger partial charge in [-0.2, -0.15) is 0 Å². The maximum atomic E-state index is 13.4. The Morgan fingerprint density at radius 2 is 1.57 bits per heavy atom. The van der Waals surface area contributed by atoms with Gasteiger partial charge >= 0.3 is 0 Å². The van der Waals surface area contributed by atoms with E-state index in [0.717, 1.165) is 6.07 Å². The van der Waals surface area contributed by atoms with E-state index >= 15 is 0 Å². The molecule has 0 unspecified atom stereocenters. The molecule has 4 heteroatoms. The van der Waals surface area contributed by atoms with E-state index in [1.54, 1.807) is 20.8 Å². The molecule has 0 N–H and O–H groups in total. The number of hydrogen-bond acceptors (Lipinski definition) is 1. The normalized spacial score (nSPS) is 11.9. The van der Waals surface area contributed by atoms with Crippen LogP contribution in [0.25, 0.3) is 0 Å². The van der Waals surface area contributed by atoms with Crippen LogP contribution in [-0.2, 0) is 5.41 Å². The fourth-order valence-electron chi connectivity index (χ4n) is 1.27. The smallest absolute Gasteiger partial charge is 0.172 e. The van der Waals surface area contributed by atoms with Crippen molar-refractivity contribution in [2.24, 2.45) is 0 Å². The predicted molar refractivity (Wildman–Crippen MR) is 52.3 cm³/mol. The molecule has 0 saturated heterocycles. The summed E-state index contributed by atoms with van der Waals surface area (Å²) in [7, 11) is 0. The molecular weight excluding hydrogens is 209 g/mol. The molecule has 0 nitrogen and oxygen atoms in total. The van der Waals surface area contributed by atoms with Crippen LogP contribution in [0.15, 0.2) is 11.0 Å². The Kier molecular flexibility index (Phi) is 2.86. The Hall–Kier alpha value is -0.640. The first-order chi connectivity index (χ1) is 6.25. The molecule has 0 spiro atoms. The van der Waals surface area contributed by atoms with E-state index in [9.17, 15) is 13.2 Å². The first-order valence-electron chi connectivity index (χ1n) is 4.12. The fraction of sp³-hybridized carbons (Fsp3) is 0.400. The maximum Gasteiger partial charge on any atom is 0.172 e. The van der Waals surface area contributed by atoms with E-state index in [-0.39, 0.29) is 10.5 Å². The molecule has 0 atom stereocenters. The number of benzene rings is 1. The van der Waals surface area contributed by atoms with Crippen LogP contribution in [0.3, 0.4) is 0 Å². The van der Waals surface area contributed by atoms with Crippen molar-refractivity contribution in [2.45, 2.75) is 31.1 Å². The molecule has 0 aliphatic rings. The SMILES string of the molecule is CC(C)(C)c1c(F)cc(S)c(F)c1F. The minimum absolute atomic E-state index is 0.243. The summed E-state index contributed by atoms with van der Waals surface area (Å²) in [5, 5.41) is 0. The highest BCUT2D eigenvalue weighted by Crippen LogP contribution is 2.31. The van der Waals surface area contributed by atoms with Crippen LogP contribution in [-0.4, -0.2) is 0 Å². The second-order valence-electron chi connectivity index (χ2n) is 4.13. The minimum Gasteiger partial charge on any atom is -0.207 e. The highest BCUT2D eigenvalue weighted by molar-refractivity contribution is 7.80. The van der Waals surface area contributed by atoms with E-state index in [2.05, 4.69) is 12.6 Å². The Morgan fingerprint density at radius 3 is 2.00 bits per heavy atom. The molecule has 1 aromatic carbocycles. The van der Waals surface area contributed by atoms with Gasteiger partial charge in [-0.15, -0.1) is 12.6 Å². The van der Waals surface area contributed by atoms with Crippen molar-refractivity contribution in [1.29, 1.82) is 0 Å². The quantitative estimate of drug-likeness (QED) is 0.500. The second kappa shape index (κ2) is 3.50. The monoisotopic (exact) mass is 220 g/mol. The minimum atomic E-state index is -1.15. The lowest BCUT2D eigenvalue weighted by atomic mass is 9.86. The third-order valence-corrected chi connectivity index (χ3v) is 2.21. The lowest BCUT2D eigenvalue weighted by Crippen LogP contribution is -2.17. The molecular formula is C10H11F3S. The molecule has 1 rings (SSSR count). The highest BCUT2D eigenvalue weighted by Gasteiger charge is 2.26. The second-order valence-corrected chi connectivity index (χ2v) is 4.61. The summed E-state index contributed by atoms with van der Waals surface area (Å²) in [6.45, 7) is 4.85. The topological polar surface area (TPSA) is 0 Å². The van der Waals surface area contributed by atoms with Crippen LogP contribution < -0.4 is 0 Å². The van der Waals surface area contributed by atoms with Gasteiger partial charge in [0.2, 0.25) is 0 Å². The number of thiol groups is 1. The first-order valence-corrected chi connectivity index (χ1v) is 4.57. The van der Waals surface area contributed by atoms with Gasteiger partial charge in [-0.05, 0) is 11.5 Å². The van der Waals surface area contributed by atoms with Crippen molar-refractivity contribution < 1.29 is 13.2 Å². The number of rotatable bonds is 0. The molecule has 0 aliphatic heterocycles. The van der Waals surface area contributed by atoms with Gasteiger partial charge < -0.3 is 0 Å². The van der Waals surface area contributed by atoms with E-state index in [4.69, 9.17) is 0 Å². The predicted octanol–water partition coefficient (Wildman–Crippen LogP) is 3.69. The lowest BCUT2D eigenvalue weighted by Gasteiger charge is -2.21. The summed E-state index contributed by atoms with van der Waals surface area (Å²) in [6, 6.07) is 0.891. The van der Waals surface area contributed by atoms with E-state index in [1.807, 2.05) is 0 Å². The molecule has 1 aromatic rings. The standard InChI is InChI=1S/C10H11F3S/c1-10(2,3)7-5(11)4-6(14)8(12)9(7)13/h4,14H,1-3H3. The summed E-state index contributed by atoms with van der Waals surface area (Å²) in [5.74, 6) is -3.01. The number of hydrogen-bond donors (Lipinski definition) is 1. The lowest BCUT2D eigenvalue weighted by molar-refractivity contribution is 0.425. The van der Waals surface area contributed by atoms with E-state index < -0.39 is 22.9 Å². The molecule has 14 heavy (non-hydrogen) atoms. The van der Waals surface area contributed by atoms with Crippen molar-refractivity contribution in [3.05, 3.63) is 29.1 Å². The van der Waals surface area contributed by atoms with Gasteiger partial charge in [0, 0.05) is 10.5 Å². The maximum absolute atomic E-state index is 13.4. The van der Waals surface area contributed by atoms with Crippen molar-refractivity contribution >= 4 is 12.6 Å². The molecule has 0 amide bonds. The molecule has 78 valence electrons. The molecule has 0 fully saturated rings. The summed E-state index contributed by atoms with van der Waals surface area (Å²) in [6.07, 6.45) is 0. The molecule has 0 aromatic heterocycles. The molecule has 0 aliphatic carbocycles. The van der Waals surface area contributed by atoms with Gasteiger partial charge in [0.25, 0.3) is 0 Å². The van der Waals surface area contributed by atoms with E-state index in [0.29, 0.717) is 0 Å². The molecule has 0 radical (unpaired) electrons. The zero-order valence-corrected chi connectivity index (χ0v) is 9.05. The third-order valence-electron chi connectivity index (χ3n) is 1.89. The van der Waals surface area contributed by atoms with Crippen LogP contribution in [0.5, 0.6) is 0 Å². The van der Waals surface area contributed by atoms with Gasteiger partial charge in [0.1, 0.15) is 5.82 Å². The summed E-state index contributed by atoms with van der Waals surface area (Å²) in [4.78, 5) is -0.312. The average molecular weight is 220 g/mol. The largest absolute Gasteiger partial charge is 0.207 e. The molecule has 0 saturated carbocycles. The van der Waals surface area contributed by atoms with Gasteiger partial charge in [-0.3, -0.25) is 0 Å². The summed E-state index contributed by atoms with van der Waals surface area (Å²) >= 11 is 3.63. The Labute approximate surface area is 86.5 Å². The average Bonchev–Trinajstić information content (AvgIpc) is 1.97. The zero-order chi connectivity index (χ0) is 11.1. The van der Waals surface area contributed by atoms with Crippen molar-refractivity contribution in [2.75, 3.05) is 0 Å². The Balaban J connectivity index is 3.53. The van der Waals surface area contributed by atoms with E-state index in [1.165, 1.54) is 0 Å². The summed E-state index contributed by atoms with van der Waals surface area (Å²) < 4.78 is 39.8. The van der Waals surface area contributed by atoms with Crippen molar-refractivity contribution in [3.63, 3.8) is 0 Å². The van der Waals surface area contributed by atoms with Crippen LogP contribution in [0, 0.1) is 17.5 Å². The van der Waals surface area contributed by atoms with Crippen molar-refractivity contribution in [1.82, 2.24) is 0 Å².